The summed E-state index contributed by atoms with van der Waals surface area (Å²) in [5.41, 5.74) is 4.41. The third kappa shape index (κ3) is 4.74. The molecule has 0 saturated carbocycles. The van der Waals surface area contributed by atoms with Gasteiger partial charge in [0.25, 0.3) is 5.91 Å². The number of carbonyl (C=O) groups excluding carboxylic acids is 3. The Balaban J connectivity index is 1.23. The first-order valence-electron chi connectivity index (χ1n) is 12.6. The van der Waals surface area contributed by atoms with E-state index < -0.39 is 11.9 Å². The molecule has 1 unspecified atom stereocenters. The van der Waals surface area contributed by atoms with E-state index in [1.165, 1.54) is 22.1 Å². The summed E-state index contributed by atoms with van der Waals surface area (Å²) in [6, 6.07) is 11.3. The number of nitrogens with zero attached hydrogens (tertiary/aromatic N) is 2. The average molecular weight is 478 g/mol. The number of imide groups is 1. The Morgan fingerprint density at radius 2 is 1.74 bits per heavy atom. The zero-order valence-electron chi connectivity index (χ0n) is 20.4. The maximum atomic E-state index is 15.1. The second-order valence-electron chi connectivity index (χ2n) is 10.4. The molecule has 6 nitrogen and oxygen atoms in total. The Labute approximate surface area is 205 Å². The number of halogens is 1. The summed E-state index contributed by atoms with van der Waals surface area (Å²) in [6.45, 7) is 7.36. The first-order chi connectivity index (χ1) is 16.8. The van der Waals surface area contributed by atoms with Crippen molar-refractivity contribution in [1.82, 2.24) is 15.1 Å². The molecule has 3 amide bonds. The molecule has 2 aromatic carbocycles. The van der Waals surface area contributed by atoms with Crippen molar-refractivity contribution in [3.05, 3.63) is 70.0 Å². The second kappa shape index (κ2) is 9.53. The summed E-state index contributed by atoms with van der Waals surface area (Å²) in [7, 11) is 0. The minimum atomic E-state index is -0.683. The Hall–Kier alpha value is -3.06. The fourth-order valence-electron chi connectivity index (χ4n) is 5.59. The Kier molecular flexibility index (Phi) is 6.45. The molecular weight excluding hydrogens is 445 g/mol. The largest absolute Gasteiger partial charge is 0.322 e. The number of hydrogen-bond acceptors (Lipinski definition) is 4. The van der Waals surface area contributed by atoms with Gasteiger partial charge in [-0.15, -0.1) is 0 Å². The van der Waals surface area contributed by atoms with Gasteiger partial charge in [0.2, 0.25) is 11.8 Å². The number of piperidine rings is 2. The molecule has 1 atom stereocenters. The Morgan fingerprint density at radius 3 is 2.40 bits per heavy atom. The highest BCUT2D eigenvalue weighted by atomic mass is 19.1. The quantitative estimate of drug-likeness (QED) is 0.659. The van der Waals surface area contributed by atoms with E-state index in [0.717, 1.165) is 38.0 Å². The zero-order valence-corrected chi connectivity index (χ0v) is 20.4. The monoisotopic (exact) mass is 477 g/mol. The lowest BCUT2D eigenvalue weighted by molar-refractivity contribution is -0.136. The number of amides is 3. The van der Waals surface area contributed by atoms with Crippen molar-refractivity contribution in [2.45, 2.75) is 70.5 Å². The van der Waals surface area contributed by atoms with Gasteiger partial charge in [0, 0.05) is 25.1 Å². The topological polar surface area (TPSA) is 69.7 Å². The fourth-order valence-corrected chi connectivity index (χ4v) is 5.59. The van der Waals surface area contributed by atoms with E-state index in [1.807, 2.05) is 6.07 Å². The smallest absolute Gasteiger partial charge is 0.255 e. The summed E-state index contributed by atoms with van der Waals surface area (Å²) in [6.07, 6.45) is 2.24. The number of hydrogen-bond donors (Lipinski definition) is 1. The van der Waals surface area contributed by atoms with Crippen molar-refractivity contribution >= 4 is 17.7 Å². The standard InChI is InChI=1S/C28H32FN3O3/c1-17(2)19-5-3-18(4-6-19)15-31-11-9-20(10-12-31)22-13-21-16-32(28(35)23(21)14-24(22)29)25-7-8-26(33)30-27(25)34/h3-6,13-14,17,20,25H,7-12,15-16H2,1-2H3,(H,30,33,34). The van der Waals surface area contributed by atoms with E-state index >= 15 is 4.39 Å². The molecule has 184 valence electrons. The molecule has 3 aliphatic rings. The van der Waals surface area contributed by atoms with Gasteiger partial charge in [-0.05, 0) is 72.5 Å². The van der Waals surface area contributed by atoms with Crippen molar-refractivity contribution in [2.24, 2.45) is 0 Å². The number of fused-ring (bicyclic) bond motifs is 1. The van der Waals surface area contributed by atoms with Crippen LogP contribution in [0.5, 0.6) is 0 Å². The molecule has 0 bridgehead atoms. The maximum absolute atomic E-state index is 15.1. The minimum absolute atomic E-state index is 0.111. The molecule has 35 heavy (non-hydrogen) atoms. The van der Waals surface area contributed by atoms with Gasteiger partial charge in [-0.25, -0.2) is 4.39 Å². The molecule has 0 aliphatic carbocycles. The summed E-state index contributed by atoms with van der Waals surface area (Å²) in [4.78, 5) is 40.6. The van der Waals surface area contributed by atoms with Gasteiger partial charge < -0.3 is 4.90 Å². The van der Waals surface area contributed by atoms with Crippen LogP contribution in [0.2, 0.25) is 0 Å². The van der Waals surface area contributed by atoms with Gasteiger partial charge in [0.1, 0.15) is 11.9 Å². The first kappa shape index (κ1) is 23.7. The van der Waals surface area contributed by atoms with Gasteiger partial charge in [0.15, 0.2) is 0 Å². The summed E-state index contributed by atoms with van der Waals surface area (Å²) >= 11 is 0. The number of likely N-dealkylation sites (tertiary alicyclic amines) is 1. The van der Waals surface area contributed by atoms with E-state index in [2.05, 4.69) is 48.3 Å². The SMILES string of the molecule is CC(C)c1ccc(CN2CCC(c3cc4c(cc3F)C(=O)N(C3CCC(=O)NC3=O)C4)CC2)cc1. The van der Waals surface area contributed by atoms with Gasteiger partial charge >= 0.3 is 0 Å². The summed E-state index contributed by atoms with van der Waals surface area (Å²) in [5.74, 6) is -0.812. The van der Waals surface area contributed by atoms with Crippen LogP contribution in [0.4, 0.5) is 4.39 Å². The highest BCUT2D eigenvalue weighted by Crippen LogP contribution is 2.35. The van der Waals surface area contributed by atoms with Crippen LogP contribution in [0.25, 0.3) is 0 Å². The van der Waals surface area contributed by atoms with Crippen LogP contribution in [0.1, 0.15) is 84.0 Å². The van der Waals surface area contributed by atoms with Crippen molar-refractivity contribution in [3.63, 3.8) is 0 Å². The fraction of sp³-hybridized carbons (Fsp3) is 0.464. The lowest BCUT2D eigenvalue weighted by Crippen LogP contribution is -2.52. The average Bonchev–Trinajstić information content (AvgIpc) is 3.14. The van der Waals surface area contributed by atoms with Gasteiger partial charge in [-0.1, -0.05) is 44.2 Å². The van der Waals surface area contributed by atoms with Gasteiger partial charge in [0.05, 0.1) is 0 Å². The minimum Gasteiger partial charge on any atom is -0.322 e. The predicted molar refractivity (Wildman–Crippen MR) is 130 cm³/mol. The van der Waals surface area contributed by atoms with Crippen LogP contribution in [-0.4, -0.2) is 46.7 Å². The maximum Gasteiger partial charge on any atom is 0.255 e. The van der Waals surface area contributed by atoms with Crippen LogP contribution in [-0.2, 0) is 22.7 Å². The molecule has 3 heterocycles. The van der Waals surface area contributed by atoms with Crippen LogP contribution < -0.4 is 5.32 Å². The molecule has 2 fully saturated rings. The molecular formula is C28H32FN3O3. The summed E-state index contributed by atoms with van der Waals surface area (Å²) in [5, 5.41) is 2.31. The number of rotatable bonds is 5. The lowest BCUT2D eigenvalue weighted by atomic mass is 9.87. The van der Waals surface area contributed by atoms with Gasteiger partial charge in [-0.2, -0.15) is 0 Å². The van der Waals surface area contributed by atoms with Crippen molar-refractivity contribution in [1.29, 1.82) is 0 Å². The molecule has 7 heteroatoms. The molecule has 1 N–H and O–H groups in total. The van der Waals surface area contributed by atoms with E-state index in [9.17, 15) is 14.4 Å². The van der Waals surface area contributed by atoms with Crippen molar-refractivity contribution in [2.75, 3.05) is 13.1 Å². The molecule has 2 saturated heterocycles. The van der Waals surface area contributed by atoms with E-state index in [0.29, 0.717) is 23.5 Å². The number of nitrogens with one attached hydrogen (secondary N) is 1. The van der Waals surface area contributed by atoms with Crippen LogP contribution in [0.15, 0.2) is 36.4 Å². The van der Waals surface area contributed by atoms with Crippen LogP contribution in [0.3, 0.4) is 0 Å². The molecule has 2 aromatic rings. The number of carbonyl (C=O) groups is 3. The zero-order chi connectivity index (χ0) is 24.7. The second-order valence-corrected chi connectivity index (χ2v) is 10.4. The molecule has 3 aliphatic heterocycles. The third-order valence-electron chi connectivity index (χ3n) is 7.72. The van der Waals surface area contributed by atoms with Crippen LogP contribution >= 0.6 is 0 Å². The molecule has 0 aromatic heterocycles. The third-order valence-corrected chi connectivity index (χ3v) is 7.72. The van der Waals surface area contributed by atoms with Crippen molar-refractivity contribution in [3.8, 4) is 0 Å². The molecule has 0 spiro atoms. The van der Waals surface area contributed by atoms with E-state index in [1.54, 1.807) is 0 Å². The van der Waals surface area contributed by atoms with E-state index in [-0.39, 0.29) is 36.5 Å². The molecule has 5 rings (SSSR count). The predicted octanol–water partition coefficient (Wildman–Crippen LogP) is 4.09. The highest BCUT2D eigenvalue weighted by molar-refractivity contribution is 6.05. The lowest BCUT2D eigenvalue weighted by Gasteiger charge is -2.32. The Morgan fingerprint density at radius 1 is 1.03 bits per heavy atom. The highest BCUT2D eigenvalue weighted by Gasteiger charge is 2.40. The first-order valence-corrected chi connectivity index (χ1v) is 12.6. The summed E-state index contributed by atoms with van der Waals surface area (Å²) < 4.78 is 15.1. The van der Waals surface area contributed by atoms with E-state index in [4.69, 9.17) is 0 Å². The Bertz CT molecular complexity index is 1150. The van der Waals surface area contributed by atoms with Crippen molar-refractivity contribution < 1.29 is 18.8 Å². The normalized spacial score (nSPS) is 21.5. The molecule has 0 radical (unpaired) electrons. The van der Waals surface area contributed by atoms with Gasteiger partial charge in [-0.3, -0.25) is 24.6 Å². The van der Waals surface area contributed by atoms with Crippen LogP contribution in [0, 0.1) is 5.82 Å². The number of benzene rings is 2.